The molecule has 5 rings (SSSR count). The Morgan fingerprint density at radius 2 is 2.15 bits per heavy atom. The van der Waals surface area contributed by atoms with Crippen molar-refractivity contribution >= 4 is 43.0 Å². The van der Waals surface area contributed by atoms with Crippen LogP contribution in [-0.4, -0.2) is 54.9 Å². The minimum Gasteiger partial charge on any atom is -0.303 e. The first-order chi connectivity index (χ1) is 19.8. The van der Waals surface area contributed by atoms with Gasteiger partial charge in [-0.3, -0.25) is 4.79 Å². The van der Waals surface area contributed by atoms with Crippen molar-refractivity contribution in [3.05, 3.63) is 74.0 Å². The van der Waals surface area contributed by atoms with Crippen LogP contribution in [-0.2, 0) is 28.9 Å². The normalized spacial score (nSPS) is 16.0. The molecule has 8 heteroatoms. The number of fused-ring (bicyclic) bond motifs is 4. The van der Waals surface area contributed by atoms with Crippen LogP contribution in [0.15, 0.2) is 29.2 Å². The van der Waals surface area contributed by atoms with Gasteiger partial charge in [-0.05, 0) is 37.0 Å². The molecule has 1 aromatic carbocycles. The molecule has 0 bridgehead atoms. The topological polar surface area (TPSA) is 73.2 Å². The summed E-state index contributed by atoms with van der Waals surface area (Å²) in [5.41, 5.74) is 8.41. The molecule has 2 aromatic heterocycles. The minimum absolute atomic E-state index is 0.0439. The van der Waals surface area contributed by atoms with Gasteiger partial charge in [-0.25, -0.2) is 9.37 Å². The molecule has 3 heterocycles. The second-order valence-electron chi connectivity index (χ2n) is 11.3. The van der Waals surface area contributed by atoms with Gasteiger partial charge in [0.25, 0.3) is 5.56 Å². The van der Waals surface area contributed by atoms with Gasteiger partial charge in [0.1, 0.15) is 12.1 Å². The van der Waals surface area contributed by atoms with E-state index < -0.39 is 0 Å². The minimum atomic E-state index is -0.340. The molecule has 1 aliphatic carbocycles. The molecule has 0 saturated carbocycles. The summed E-state index contributed by atoms with van der Waals surface area (Å²) in [7, 11) is 0. The third-order valence-electron chi connectivity index (χ3n) is 8.79. The molecule has 2 aliphatic rings. The summed E-state index contributed by atoms with van der Waals surface area (Å²) >= 11 is 1.20. The second kappa shape index (κ2) is 12.9. The fourth-order valence-electron chi connectivity index (χ4n) is 6.59. The van der Waals surface area contributed by atoms with Crippen LogP contribution in [0.1, 0.15) is 91.2 Å². The number of halogens is 1. The van der Waals surface area contributed by atoms with Gasteiger partial charge in [-0.1, -0.05) is 20.3 Å². The molecule has 0 spiro atoms. The molecule has 215 valence electrons. The number of aromatic nitrogens is 2. The van der Waals surface area contributed by atoms with Crippen LogP contribution in [0.3, 0.4) is 0 Å². The van der Waals surface area contributed by atoms with Gasteiger partial charge in [0, 0.05) is 17.5 Å². The zero-order valence-corrected chi connectivity index (χ0v) is 28.3. The van der Waals surface area contributed by atoms with Crippen molar-refractivity contribution < 1.29 is 13.9 Å². The molecular weight excluding hydrogens is 713 g/mol. The van der Waals surface area contributed by atoms with Gasteiger partial charge >= 0.3 is 137 Å². The Morgan fingerprint density at radius 1 is 1.34 bits per heavy atom. The Morgan fingerprint density at radius 3 is 2.85 bits per heavy atom. The van der Waals surface area contributed by atoms with Crippen LogP contribution < -0.4 is 10.9 Å². The first kappa shape index (κ1) is 30.1. The second-order valence-corrected chi connectivity index (χ2v) is 13.3. The van der Waals surface area contributed by atoms with Crippen LogP contribution in [0.4, 0.5) is 4.39 Å². The van der Waals surface area contributed by atoms with Gasteiger partial charge < -0.3 is 9.36 Å². The number of pyridine rings is 2. The molecule has 0 amide bonds. The molecule has 2 atom stereocenters. The van der Waals surface area contributed by atoms with Crippen molar-refractivity contribution in [2.24, 2.45) is 0 Å². The molecule has 41 heavy (non-hydrogen) atoms. The predicted molar refractivity (Wildman–Crippen MR) is 162 cm³/mol. The Bertz CT molecular complexity index is 1560. The SMILES string of the molecule is C=C(CC[CH2][Pb])NCOCC1CCc2c(C)c(F)cc3nc4c(c1c23)Cn1c-4cc(C(C=O)CC)c(CCC)c1=O. The summed E-state index contributed by atoms with van der Waals surface area (Å²) in [5, 5.41) is 4.32. The number of nitrogens with zero attached hydrogens (tertiary/aromatic N) is 2. The number of hydrogen-bond acceptors (Lipinski definition) is 5. The summed E-state index contributed by atoms with van der Waals surface area (Å²) in [4.78, 5) is 30.9. The molecular formula is C33H39FN3O3Pb. The van der Waals surface area contributed by atoms with Crippen molar-refractivity contribution in [3.63, 3.8) is 0 Å². The number of ether oxygens (including phenoxy) is 1. The molecule has 3 aromatic rings. The number of carbonyl (C=O) groups is 1. The Hall–Kier alpha value is -2.40. The van der Waals surface area contributed by atoms with E-state index in [1.165, 1.54) is 35.8 Å². The summed E-state index contributed by atoms with van der Waals surface area (Å²) in [6.07, 6.45) is 6.73. The van der Waals surface area contributed by atoms with Crippen LogP contribution in [0.25, 0.3) is 22.3 Å². The van der Waals surface area contributed by atoms with E-state index in [-0.39, 0.29) is 23.2 Å². The van der Waals surface area contributed by atoms with E-state index in [9.17, 15) is 9.59 Å². The number of allylic oxidation sites excluding steroid dienone is 1. The average Bonchev–Trinajstić information content (AvgIpc) is 3.34. The first-order valence-corrected chi connectivity index (χ1v) is 17.6. The molecule has 1 aliphatic heterocycles. The Balaban J connectivity index is 1.61. The molecule has 1 N–H and O–H groups in total. The van der Waals surface area contributed by atoms with Crippen molar-refractivity contribution in [1.82, 2.24) is 14.9 Å². The third-order valence-corrected chi connectivity index (χ3v) is 10.2. The standard InChI is InChI=1S/C33H39FN3O3.Pb/c1-6-9-19(4)35-18-40-17-22-11-12-23-20(5)27(34)14-28-31(23)30(22)26-15-37-29(32(26)36-28)13-25(21(8-3)16-38)24(10-7-2)33(37)39;/h13-14,16,21-22,35H,1,4,6-12,15,17-18H2,2-3,5H3;. The van der Waals surface area contributed by atoms with Crippen molar-refractivity contribution in [2.75, 3.05) is 13.3 Å². The van der Waals surface area contributed by atoms with E-state index in [1.807, 2.05) is 24.5 Å². The van der Waals surface area contributed by atoms with Gasteiger partial charge in [-0.15, -0.1) is 0 Å². The number of carbonyl (C=O) groups excluding carboxylic acids is 1. The van der Waals surface area contributed by atoms with E-state index in [0.717, 1.165) is 88.7 Å². The number of nitrogens with one attached hydrogen (secondary N) is 1. The molecule has 2 unspecified atom stereocenters. The zero-order valence-electron chi connectivity index (χ0n) is 24.4. The predicted octanol–water partition coefficient (Wildman–Crippen LogP) is 5.99. The van der Waals surface area contributed by atoms with Gasteiger partial charge in [0.15, 0.2) is 0 Å². The Labute approximate surface area is 257 Å². The first-order valence-electron chi connectivity index (χ1n) is 14.8. The van der Waals surface area contributed by atoms with E-state index in [1.54, 1.807) is 0 Å². The summed E-state index contributed by atoms with van der Waals surface area (Å²) < 4.78 is 24.3. The number of rotatable bonds is 13. The number of aryl methyl sites for hydroxylation is 1. The summed E-state index contributed by atoms with van der Waals surface area (Å²) in [5.74, 6) is -0.492. The molecule has 0 fully saturated rings. The molecule has 6 nitrogen and oxygen atoms in total. The van der Waals surface area contributed by atoms with Crippen LogP contribution in [0.5, 0.6) is 0 Å². The molecule has 0 saturated heterocycles. The van der Waals surface area contributed by atoms with Gasteiger partial charge in [0.05, 0.1) is 5.69 Å². The van der Waals surface area contributed by atoms with Crippen molar-refractivity contribution in [3.8, 4) is 11.4 Å². The van der Waals surface area contributed by atoms with E-state index in [4.69, 9.17) is 9.72 Å². The molecule has 3 radical (unpaired) electrons. The fourth-order valence-corrected chi connectivity index (χ4v) is 7.28. The maximum absolute atomic E-state index is 15.1. The van der Waals surface area contributed by atoms with Crippen LogP contribution in [0.2, 0.25) is 3.98 Å². The monoisotopic (exact) mass is 752 g/mol. The summed E-state index contributed by atoms with van der Waals surface area (Å²) in [6.45, 7) is 11.3. The number of hydrogen-bond donors (Lipinski definition) is 1. The number of aldehydes is 1. The summed E-state index contributed by atoms with van der Waals surface area (Å²) in [6, 6.07) is 3.54. The third kappa shape index (κ3) is 5.56. The average molecular weight is 752 g/mol. The van der Waals surface area contributed by atoms with E-state index >= 15 is 4.39 Å². The van der Waals surface area contributed by atoms with Crippen LogP contribution >= 0.6 is 0 Å². The van der Waals surface area contributed by atoms with Crippen molar-refractivity contribution in [2.45, 2.75) is 88.1 Å². The van der Waals surface area contributed by atoms with Gasteiger partial charge in [0.2, 0.25) is 0 Å². The zero-order chi connectivity index (χ0) is 29.3. The fraction of sp³-hybridized carbons (Fsp3) is 0.485. The quantitative estimate of drug-likeness (QED) is 0.0787. The maximum atomic E-state index is 15.1. The van der Waals surface area contributed by atoms with E-state index in [0.29, 0.717) is 43.8 Å². The van der Waals surface area contributed by atoms with Crippen LogP contribution in [0, 0.1) is 12.7 Å². The van der Waals surface area contributed by atoms with Gasteiger partial charge in [-0.2, -0.15) is 0 Å². The number of benzene rings is 1. The Kier molecular flexibility index (Phi) is 9.43. The van der Waals surface area contributed by atoms with E-state index in [2.05, 4.69) is 18.8 Å². The smallest absolute Gasteiger partial charge is 0.303 e. The van der Waals surface area contributed by atoms with Crippen molar-refractivity contribution in [1.29, 1.82) is 0 Å².